The van der Waals surface area contributed by atoms with Crippen LogP contribution in [0.1, 0.15) is 33.6 Å². The van der Waals surface area contributed by atoms with Crippen molar-refractivity contribution in [2.45, 2.75) is 24.9 Å². The van der Waals surface area contributed by atoms with Crippen LogP contribution in [0, 0.1) is 0 Å². The summed E-state index contributed by atoms with van der Waals surface area (Å²) in [4.78, 5) is 25.5. The number of hydrogen-bond acceptors (Lipinski definition) is 7. The van der Waals surface area contributed by atoms with Gasteiger partial charge < -0.3 is 15.4 Å². The molecular formula is C19H20N6O2S. The molecular weight excluding hydrogens is 376 g/mol. The van der Waals surface area contributed by atoms with Gasteiger partial charge in [-0.15, -0.1) is 11.3 Å². The summed E-state index contributed by atoms with van der Waals surface area (Å²) in [6, 6.07) is 2.19. The van der Waals surface area contributed by atoms with Gasteiger partial charge in [0.15, 0.2) is 0 Å². The molecule has 1 saturated heterocycles. The summed E-state index contributed by atoms with van der Waals surface area (Å²) < 4.78 is 6.31. The number of hydrogen-bond donors (Lipinski definition) is 2. The molecule has 5 heterocycles. The highest BCUT2D eigenvalue weighted by atomic mass is 32.1. The van der Waals surface area contributed by atoms with E-state index in [1.165, 1.54) is 10.4 Å². The first-order valence-electron chi connectivity index (χ1n) is 9.28. The maximum atomic E-state index is 12.6. The van der Waals surface area contributed by atoms with E-state index in [0.717, 1.165) is 29.8 Å². The Kier molecular flexibility index (Phi) is 4.13. The van der Waals surface area contributed by atoms with Gasteiger partial charge in [0, 0.05) is 30.6 Å². The molecule has 0 aromatic carbocycles. The quantitative estimate of drug-likeness (QED) is 0.687. The summed E-state index contributed by atoms with van der Waals surface area (Å²) in [5.74, 6) is 0.433. The van der Waals surface area contributed by atoms with Crippen molar-refractivity contribution in [3.63, 3.8) is 0 Å². The average molecular weight is 396 g/mol. The second-order valence-corrected chi connectivity index (χ2v) is 8.28. The molecule has 3 aromatic heterocycles. The van der Waals surface area contributed by atoms with E-state index >= 15 is 0 Å². The Labute approximate surface area is 165 Å². The van der Waals surface area contributed by atoms with E-state index in [-0.39, 0.29) is 11.5 Å². The van der Waals surface area contributed by atoms with Crippen LogP contribution in [0.4, 0.5) is 5.82 Å². The van der Waals surface area contributed by atoms with E-state index in [1.54, 1.807) is 36.1 Å². The highest BCUT2D eigenvalue weighted by Crippen LogP contribution is 2.46. The molecule has 0 unspecified atom stereocenters. The molecule has 0 bridgehead atoms. The van der Waals surface area contributed by atoms with Crippen molar-refractivity contribution in [1.29, 1.82) is 0 Å². The van der Waals surface area contributed by atoms with E-state index in [9.17, 15) is 4.79 Å². The molecule has 8 nitrogen and oxygen atoms in total. The molecule has 1 amide bonds. The topological polar surface area (TPSA) is 110 Å². The molecule has 28 heavy (non-hydrogen) atoms. The van der Waals surface area contributed by atoms with Gasteiger partial charge in [0.2, 0.25) is 0 Å². The van der Waals surface area contributed by atoms with Gasteiger partial charge in [0.25, 0.3) is 5.91 Å². The van der Waals surface area contributed by atoms with E-state index < -0.39 is 0 Å². The fourth-order valence-electron chi connectivity index (χ4n) is 4.04. The Balaban J connectivity index is 1.39. The van der Waals surface area contributed by atoms with Crippen molar-refractivity contribution in [2.24, 2.45) is 0 Å². The van der Waals surface area contributed by atoms with Crippen molar-refractivity contribution in [3.8, 4) is 10.6 Å². The number of aromatic nitrogens is 4. The largest absolute Gasteiger partial charge is 0.382 e. The number of nitrogens with two attached hydrogens (primary N) is 1. The van der Waals surface area contributed by atoms with Gasteiger partial charge in [0.1, 0.15) is 5.82 Å². The number of H-pyrrole nitrogens is 1. The molecule has 1 spiro atoms. The smallest absolute Gasteiger partial charge is 0.257 e. The third-order valence-electron chi connectivity index (χ3n) is 5.54. The van der Waals surface area contributed by atoms with E-state index in [4.69, 9.17) is 10.5 Å². The molecule has 9 heteroatoms. The van der Waals surface area contributed by atoms with Crippen LogP contribution in [-0.4, -0.2) is 50.7 Å². The summed E-state index contributed by atoms with van der Waals surface area (Å²) in [5.41, 5.74) is 8.01. The van der Waals surface area contributed by atoms with Crippen molar-refractivity contribution in [3.05, 3.63) is 46.9 Å². The maximum Gasteiger partial charge on any atom is 0.257 e. The third kappa shape index (κ3) is 2.87. The normalized spacial score (nSPS) is 18.2. The molecule has 2 aliphatic heterocycles. The number of carbonyl (C=O) groups is 1. The Hall–Kier alpha value is -2.78. The first kappa shape index (κ1) is 17.3. The first-order chi connectivity index (χ1) is 13.6. The molecule has 3 aromatic rings. The number of anilines is 1. The number of likely N-dealkylation sites (tertiary alicyclic amines) is 1. The third-order valence-corrected chi connectivity index (χ3v) is 6.75. The van der Waals surface area contributed by atoms with Gasteiger partial charge in [-0.25, -0.2) is 9.97 Å². The molecule has 3 N–H and O–H groups in total. The molecule has 144 valence electrons. The Bertz CT molecular complexity index is 990. The van der Waals surface area contributed by atoms with Crippen molar-refractivity contribution in [2.75, 3.05) is 25.4 Å². The number of nitrogens with one attached hydrogen (secondary N) is 1. The second-order valence-electron chi connectivity index (χ2n) is 7.15. The number of amides is 1. The van der Waals surface area contributed by atoms with E-state index in [0.29, 0.717) is 31.1 Å². The van der Waals surface area contributed by atoms with E-state index in [2.05, 4.69) is 26.2 Å². The van der Waals surface area contributed by atoms with Gasteiger partial charge in [-0.3, -0.25) is 9.89 Å². The average Bonchev–Trinajstić information content (AvgIpc) is 3.40. The molecule has 0 radical (unpaired) electrons. The zero-order valence-corrected chi connectivity index (χ0v) is 16.0. The second kappa shape index (κ2) is 6.68. The van der Waals surface area contributed by atoms with Crippen LogP contribution in [0.25, 0.3) is 10.6 Å². The number of carbonyl (C=O) groups excluding carboxylic acids is 1. The summed E-state index contributed by atoms with van der Waals surface area (Å²) in [7, 11) is 0. The van der Waals surface area contributed by atoms with Crippen LogP contribution < -0.4 is 5.73 Å². The predicted molar refractivity (Wildman–Crippen MR) is 105 cm³/mol. The fraction of sp³-hybridized carbons (Fsp3) is 0.368. The van der Waals surface area contributed by atoms with Gasteiger partial charge in [-0.05, 0) is 24.5 Å². The number of ether oxygens (including phenoxy) is 1. The van der Waals surface area contributed by atoms with Crippen molar-refractivity contribution < 1.29 is 9.53 Å². The monoisotopic (exact) mass is 396 g/mol. The number of fused-ring (bicyclic) bond motifs is 2. The number of piperidine rings is 1. The van der Waals surface area contributed by atoms with Crippen LogP contribution in [0.2, 0.25) is 0 Å². The standard InChI is InChI=1S/C19H20N6O2S/c20-17-11-21-14(10-22-17)16-7-13-15(28-16)1-6-27-19(13)2-4-25(5-3-19)18(26)12-8-23-24-9-12/h7-11H,1-6H2,(H2,20,22)(H,23,24). The lowest BCUT2D eigenvalue weighted by Crippen LogP contribution is -2.48. The van der Waals surface area contributed by atoms with Crippen LogP contribution in [-0.2, 0) is 16.8 Å². The lowest BCUT2D eigenvalue weighted by Gasteiger charge is -2.44. The van der Waals surface area contributed by atoms with Crippen molar-refractivity contribution >= 4 is 23.1 Å². The van der Waals surface area contributed by atoms with Crippen molar-refractivity contribution in [1.82, 2.24) is 25.1 Å². The molecule has 2 aliphatic rings. The highest BCUT2D eigenvalue weighted by molar-refractivity contribution is 7.15. The molecule has 0 aliphatic carbocycles. The zero-order chi connectivity index (χ0) is 19.1. The summed E-state index contributed by atoms with van der Waals surface area (Å²) in [6.07, 6.45) is 8.98. The summed E-state index contributed by atoms with van der Waals surface area (Å²) in [5, 5.41) is 6.58. The number of thiophene rings is 1. The lowest BCUT2D eigenvalue weighted by atomic mass is 9.82. The number of aromatic amines is 1. The SMILES string of the molecule is Nc1cnc(-c2cc3c(s2)CCOC32CCN(C(=O)c3cn[nH]c3)CC2)cn1. The molecule has 1 fully saturated rings. The number of nitrogen functional groups attached to an aromatic ring is 1. The van der Waals surface area contributed by atoms with Gasteiger partial charge in [-0.2, -0.15) is 5.10 Å². The Morgan fingerprint density at radius 2 is 2.11 bits per heavy atom. The zero-order valence-electron chi connectivity index (χ0n) is 15.2. The molecule has 0 atom stereocenters. The number of rotatable bonds is 2. The minimum Gasteiger partial charge on any atom is -0.382 e. The summed E-state index contributed by atoms with van der Waals surface area (Å²) >= 11 is 1.75. The fourth-order valence-corrected chi connectivity index (χ4v) is 5.24. The Morgan fingerprint density at radius 3 is 2.82 bits per heavy atom. The van der Waals surface area contributed by atoms with Gasteiger partial charge in [-0.1, -0.05) is 0 Å². The predicted octanol–water partition coefficient (Wildman–Crippen LogP) is 2.21. The highest BCUT2D eigenvalue weighted by Gasteiger charge is 2.43. The molecule has 0 saturated carbocycles. The first-order valence-corrected chi connectivity index (χ1v) is 10.1. The Morgan fingerprint density at radius 1 is 1.25 bits per heavy atom. The van der Waals surface area contributed by atoms with Crippen LogP contribution in [0.3, 0.4) is 0 Å². The van der Waals surface area contributed by atoms with Crippen LogP contribution >= 0.6 is 11.3 Å². The lowest BCUT2D eigenvalue weighted by molar-refractivity contribution is -0.0926. The van der Waals surface area contributed by atoms with Gasteiger partial charge >= 0.3 is 0 Å². The van der Waals surface area contributed by atoms with E-state index in [1.807, 2.05) is 4.90 Å². The van der Waals surface area contributed by atoms with Crippen LogP contribution in [0.5, 0.6) is 0 Å². The van der Waals surface area contributed by atoms with Gasteiger partial charge in [0.05, 0.1) is 46.9 Å². The minimum atomic E-state index is -0.323. The minimum absolute atomic E-state index is 0.0165. The maximum absolute atomic E-state index is 12.6. The molecule has 5 rings (SSSR count). The summed E-state index contributed by atoms with van der Waals surface area (Å²) in [6.45, 7) is 2.03. The van der Waals surface area contributed by atoms with Crippen LogP contribution in [0.15, 0.2) is 30.9 Å². The number of nitrogens with zero attached hydrogens (tertiary/aromatic N) is 4.